The molecule has 0 saturated heterocycles. The quantitative estimate of drug-likeness (QED) is 0.798. The van der Waals surface area contributed by atoms with Gasteiger partial charge in [0, 0.05) is 23.5 Å². The number of aromatic nitrogens is 3. The first-order chi connectivity index (χ1) is 9.52. The first-order valence-electron chi connectivity index (χ1n) is 6.34. The minimum absolute atomic E-state index is 0.0981. The summed E-state index contributed by atoms with van der Waals surface area (Å²) >= 11 is 0. The van der Waals surface area contributed by atoms with Crippen LogP contribution in [-0.4, -0.2) is 27.8 Å². The van der Waals surface area contributed by atoms with Crippen molar-refractivity contribution in [2.75, 3.05) is 7.11 Å². The molecule has 104 valence electrons. The Kier molecular flexibility index (Phi) is 4.08. The van der Waals surface area contributed by atoms with Crippen molar-refractivity contribution in [3.63, 3.8) is 0 Å². The van der Waals surface area contributed by atoms with Gasteiger partial charge in [-0.05, 0) is 20.8 Å². The van der Waals surface area contributed by atoms with E-state index in [1.54, 1.807) is 19.5 Å². The maximum absolute atomic E-state index is 12.2. The van der Waals surface area contributed by atoms with Crippen LogP contribution in [0.25, 0.3) is 0 Å². The highest BCUT2D eigenvalue weighted by atomic mass is 16.5. The van der Waals surface area contributed by atoms with Gasteiger partial charge in [-0.25, -0.2) is 4.98 Å². The number of ether oxygens (including phenoxy) is 1. The number of aryl methyl sites for hydroxylation is 2. The predicted molar refractivity (Wildman–Crippen MR) is 75.1 cm³/mol. The summed E-state index contributed by atoms with van der Waals surface area (Å²) in [6.07, 6.45) is 5.00. The van der Waals surface area contributed by atoms with E-state index in [1.165, 1.54) is 6.20 Å². The van der Waals surface area contributed by atoms with Crippen LogP contribution in [0.2, 0.25) is 0 Å². The van der Waals surface area contributed by atoms with Crippen LogP contribution in [-0.2, 0) is 6.42 Å². The van der Waals surface area contributed by atoms with Crippen LogP contribution in [0, 0.1) is 20.8 Å². The maximum atomic E-state index is 12.2. The van der Waals surface area contributed by atoms with E-state index in [0.717, 1.165) is 22.6 Å². The van der Waals surface area contributed by atoms with Crippen molar-refractivity contribution in [3.8, 4) is 5.75 Å². The lowest BCUT2D eigenvalue weighted by Gasteiger charge is -2.11. The van der Waals surface area contributed by atoms with Crippen LogP contribution < -0.4 is 4.74 Å². The van der Waals surface area contributed by atoms with E-state index in [9.17, 15) is 4.79 Å². The number of hydrogen-bond donors (Lipinski definition) is 0. The molecule has 0 atom stereocenters. The Morgan fingerprint density at radius 2 is 1.85 bits per heavy atom. The largest absolute Gasteiger partial charge is 0.496 e. The third kappa shape index (κ3) is 2.82. The Morgan fingerprint density at radius 1 is 1.10 bits per heavy atom. The standard InChI is InChI=1S/C15H17N3O2/c1-9-6-17-12(11(3)15(9)20-4)5-14(19)13-8-16-10(2)7-18-13/h6-8H,5H2,1-4H3. The molecule has 2 rings (SSSR count). The summed E-state index contributed by atoms with van der Waals surface area (Å²) in [6.45, 7) is 5.66. The molecule has 0 fully saturated rings. The number of Topliss-reactive ketones (excluding diaryl/α,β-unsaturated/α-hetero) is 1. The molecule has 0 bridgehead atoms. The highest BCUT2D eigenvalue weighted by Gasteiger charge is 2.15. The van der Waals surface area contributed by atoms with Crippen LogP contribution in [0.3, 0.4) is 0 Å². The van der Waals surface area contributed by atoms with Gasteiger partial charge in [-0.2, -0.15) is 0 Å². The Bertz CT molecular complexity index is 636. The van der Waals surface area contributed by atoms with Gasteiger partial charge in [0.15, 0.2) is 5.78 Å². The van der Waals surface area contributed by atoms with Gasteiger partial charge in [0.1, 0.15) is 11.4 Å². The molecule has 0 radical (unpaired) electrons. The zero-order valence-corrected chi connectivity index (χ0v) is 12.1. The van der Waals surface area contributed by atoms with Crippen molar-refractivity contribution in [1.29, 1.82) is 0 Å². The van der Waals surface area contributed by atoms with E-state index in [1.807, 2.05) is 20.8 Å². The van der Waals surface area contributed by atoms with Gasteiger partial charge in [0.05, 0.1) is 31.1 Å². The van der Waals surface area contributed by atoms with Gasteiger partial charge in [0.2, 0.25) is 0 Å². The molecule has 0 spiro atoms. The Morgan fingerprint density at radius 3 is 2.45 bits per heavy atom. The van der Waals surface area contributed by atoms with Crippen molar-refractivity contribution < 1.29 is 9.53 Å². The molecule has 0 amide bonds. The van der Waals surface area contributed by atoms with Crippen molar-refractivity contribution in [2.24, 2.45) is 0 Å². The second kappa shape index (κ2) is 5.77. The fraction of sp³-hybridized carbons (Fsp3) is 0.333. The zero-order chi connectivity index (χ0) is 14.7. The van der Waals surface area contributed by atoms with Crippen molar-refractivity contribution in [1.82, 2.24) is 15.0 Å². The summed E-state index contributed by atoms with van der Waals surface area (Å²) in [6, 6.07) is 0. The van der Waals surface area contributed by atoms with Crippen LogP contribution in [0.5, 0.6) is 5.75 Å². The first kappa shape index (κ1) is 14.1. The average molecular weight is 271 g/mol. The van der Waals surface area contributed by atoms with Gasteiger partial charge in [0.25, 0.3) is 0 Å². The molecule has 0 aliphatic carbocycles. The minimum atomic E-state index is -0.0981. The molecule has 0 aliphatic heterocycles. The van der Waals surface area contributed by atoms with Crippen LogP contribution in [0.15, 0.2) is 18.6 Å². The van der Waals surface area contributed by atoms with E-state index >= 15 is 0 Å². The van der Waals surface area contributed by atoms with Gasteiger partial charge >= 0.3 is 0 Å². The highest BCUT2D eigenvalue weighted by molar-refractivity contribution is 5.95. The number of methoxy groups -OCH3 is 1. The lowest BCUT2D eigenvalue weighted by molar-refractivity contribution is 0.0986. The van der Waals surface area contributed by atoms with Crippen LogP contribution in [0.1, 0.15) is 33.0 Å². The summed E-state index contributed by atoms with van der Waals surface area (Å²) in [5.41, 5.74) is 3.70. The Labute approximate surface area is 118 Å². The molecule has 2 aromatic rings. The summed E-state index contributed by atoms with van der Waals surface area (Å²) in [7, 11) is 1.62. The number of carbonyl (C=O) groups is 1. The summed E-state index contributed by atoms with van der Waals surface area (Å²) in [5, 5.41) is 0. The van der Waals surface area contributed by atoms with E-state index in [-0.39, 0.29) is 12.2 Å². The van der Waals surface area contributed by atoms with Gasteiger partial charge in [-0.15, -0.1) is 0 Å². The normalized spacial score (nSPS) is 10.4. The minimum Gasteiger partial charge on any atom is -0.496 e. The van der Waals surface area contributed by atoms with Crippen LogP contribution in [0.4, 0.5) is 0 Å². The molecule has 0 N–H and O–H groups in total. The smallest absolute Gasteiger partial charge is 0.188 e. The molecular formula is C15H17N3O2. The monoisotopic (exact) mass is 271 g/mol. The molecule has 2 heterocycles. The second-order valence-corrected chi connectivity index (χ2v) is 4.69. The topological polar surface area (TPSA) is 65.0 Å². The molecule has 0 unspecified atom stereocenters. The number of pyridine rings is 1. The lowest BCUT2D eigenvalue weighted by Crippen LogP contribution is -2.10. The van der Waals surface area contributed by atoms with E-state index in [0.29, 0.717) is 11.4 Å². The third-order valence-electron chi connectivity index (χ3n) is 3.14. The second-order valence-electron chi connectivity index (χ2n) is 4.69. The number of rotatable bonds is 4. The SMILES string of the molecule is COc1c(C)cnc(CC(=O)c2cnc(C)cn2)c1C. The van der Waals surface area contributed by atoms with Crippen LogP contribution >= 0.6 is 0 Å². The lowest BCUT2D eigenvalue weighted by atomic mass is 10.1. The molecule has 20 heavy (non-hydrogen) atoms. The van der Waals surface area contributed by atoms with Crippen molar-refractivity contribution in [3.05, 3.63) is 46.8 Å². The molecule has 5 nitrogen and oxygen atoms in total. The zero-order valence-electron chi connectivity index (χ0n) is 12.1. The number of ketones is 1. The molecule has 0 aliphatic rings. The molecule has 5 heteroatoms. The Balaban J connectivity index is 2.26. The average Bonchev–Trinajstić information content (AvgIpc) is 2.43. The number of nitrogens with zero attached hydrogens (tertiary/aromatic N) is 3. The third-order valence-corrected chi connectivity index (χ3v) is 3.14. The highest BCUT2D eigenvalue weighted by Crippen LogP contribution is 2.24. The van der Waals surface area contributed by atoms with Gasteiger partial charge < -0.3 is 4.74 Å². The van der Waals surface area contributed by atoms with Gasteiger partial charge in [-0.1, -0.05) is 0 Å². The summed E-state index contributed by atoms with van der Waals surface area (Å²) < 4.78 is 5.34. The number of carbonyl (C=O) groups excluding carboxylic acids is 1. The fourth-order valence-electron chi connectivity index (χ4n) is 2.03. The fourth-order valence-corrected chi connectivity index (χ4v) is 2.03. The van der Waals surface area contributed by atoms with E-state index < -0.39 is 0 Å². The summed E-state index contributed by atoms with van der Waals surface area (Å²) in [4.78, 5) is 24.7. The first-order valence-corrected chi connectivity index (χ1v) is 6.34. The van der Waals surface area contributed by atoms with E-state index in [2.05, 4.69) is 15.0 Å². The molecular weight excluding hydrogens is 254 g/mol. The molecule has 0 saturated carbocycles. The molecule has 2 aromatic heterocycles. The van der Waals surface area contributed by atoms with E-state index in [4.69, 9.17) is 4.74 Å². The van der Waals surface area contributed by atoms with Crippen molar-refractivity contribution in [2.45, 2.75) is 27.2 Å². The van der Waals surface area contributed by atoms with Gasteiger partial charge in [-0.3, -0.25) is 14.8 Å². The molecule has 0 aromatic carbocycles. The maximum Gasteiger partial charge on any atom is 0.188 e. The predicted octanol–water partition coefficient (Wildman–Crippen LogP) is 2.23. The Hall–Kier alpha value is -2.30. The van der Waals surface area contributed by atoms with Crippen molar-refractivity contribution >= 4 is 5.78 Å². The number of hydrogen-bond acceptors (Lipinski definition) is 5. The summed E-state index contributed by atoms with van der Waals surface area (Å²) in [5.74, 6) is 0.678.